The Hall–Kier alpha value is -1.89. The summed E-state index contributed by atoms with van der Waals surface area (Å²) in [6.07, 6.45) is 7.35. The van der Waals surface area contributed by atoms with Crippen LogP contribution in [0.4, 0.5) is 0 Å². The number of aromatic nitrogens is 2. The van der Waals surface area contributed by atoms with Gasteiger partial charge in [0.1, 0.15) is 0 Å². The minimum Gasteiger partial charge on any atom is -0.374 e. The van der Waals surface area contributed by atoms with E-state index in [1.807, 2.05) is 11.8 Å². The van der Waals surface area contributed by atoms with E-state index in [9.17, 15) is 9.59 Å². The van der Waals surface area contributed by atoms with Gasteiger partial charge in [-0.25, -0.2) is 4.98 Å². The highest BCUT2D eigenvalue weighted by molar-refractivity contribution is 5.80. The minimum absolute atomic E-state index is 0.0486. The van der Waals surface area contributed by atoms with Gasteiger partial charge >= 0.3 is 0 Å². The zero-order chi connectivity index (χ0) is 18.1. The first-order chi connectivity index (χ1) is 12.6. The molecule has 0 radical (unpaired) electrons. The van der Waals surface area contributed by atoms with E-state index in [0.717, 1.165) is 56.6 Å². The minimum atomic E-state index is 0.0486. The number of carbonyl (C=O) groups is 2. The lowest BCUT2D eigenvalue weighted by atomic mass is 9.88. The number of carbonyl (C=O) groups excluding carboxylic acids is 2. The molecule has 1 aromatic heterocycles. The Morgan fingerprint density at radius 3 is 2.73 bits per heavy atom. The van der Waals surface area contributed by atoms with Crippen LogP contribution in [0.3, 0.4) is 0 Å². The molecular weight excluding hydrogens is 332 g/mol. The Kier molecular flexibility index (Phi) is 4.98. The van der Waals surface area contributed by atoms with E-state index in [2.05, 4.69) is 15.3 Å². The van der Waals surface area contributed by atoms with E-state index in [4.69, 9.17) is 4.74 Å². The van der Waals surface area contributed by atoms with Gasteiger partial charge in [-0.2, -0.15) is 0 Å². The van der Waals surface area contributed by atoms with Gasteiger partial charge in [0.2, 0.25) is 11.8 Å². The number of imidazole rings is 1. The zero-order valence-corrected chi connectivity index (χ0v) is 15.4. The molecule has 3 aliphatic heterocycles. The maximum absolute atomic E-state index is 12.4. The number of aromatic amines is 1. The molecule has 0 saturated carbocycles. The van der Waals surface area contributed by atoms with E-state index in [-0.39, 0.29) is 23.8 Å². The third-order valence-corrected chi connectivity index (χ3v) is 6.23. The molecule has 2 bridgehead atoms. The fraction of sp³-hybridized carbons (Fsp3) is 0.737. The SMILES string of the molecule is Cc1[nH]cnc1CC(=O)N1CCC(CNC(=O)C2CC3CCC2O3)CC1. The summed E-state index contributed by atoms with van der Waals surface area (Å²) in [5, 5.41) is 3.13. The van der Waals surface area contributed by atoms with Crippen molar-refractivity contribution in [3.63, 3.8) is 0 Å². The van der Waals surface area contributed by atoms with Crippen molar-refractivity contribution in [3.8, 4) is 0 Å². The molecule has 2 amide bonds. The number of rotatable bonds is 5. The van der Waals surface area contributed by atoms with Crippen LogP contribution in [0.5, 0.6) is 0 Å². The maximum Gasteiger partial charge on any atom is 0.228 e. The predicted molar refractivity (Wildman–Crippen MR) is 95.3 cm³/mol. The third-order valence-electron chi connectivity index (χ3n) is 6.23. The fourth-order valence-electron chi connectivity index (χ4n) is 4.50. The van der Waals surface area contributed by atoms with Crippen molar-refractivity contribution < 1.29 is 14.3 Å². The van der Waals surface area contributed by atoms with Crippen LogP contribution in [0.25, 0.3) is 0 Å². The molecule has 1 aromatic rings. The molecule has 142 valence electrons. The number of piperidine rings is 1. The second-order valence-corrected chi connectivity index (χ2v) is 7.94. The Morgan fingerprint density at radius 1 is 1.31 bits per heavy atom. The standard InChI is InChI=1S/C19H28N4O3/c1-12-16(22-11-21-12)9-18(24)23-6-4-13(5-7-23)10-20-19(25)15-8-14-2-3-17(15)26-14/h11,13-15,17H,2-10H2,1H3,(H,20,25)(H,21,22). The molecule has 4 heterocycles. The summed E-state index contributed by atoms with van der Waals surface area (Å²) in [5.41, 5.74) is 1.79. The van der Waals surface area contributed by atoms with Gasteiger partial charge in [0.25, 0.3) is 0 Å². The number of hydrogen-bond acceptors (Lipinski definition) is 4. The van der Waals surface area contributed by atoms with Gasteiger partial charge in [0.15, 0.2) is 0 Å². The second-order valence-electron chi connectivity index (χ2n) is 7.94. The lowest BCUT2D eigenvalue weighted by Crippen LogP contribution is -2.43. The summed E-state index contributed by atoms with van der Waals surface area (Å²) in [4.78, 5) is 34.0. The highest BCUT2D eigenvalue weighted by atomic mass is 16.5. The molecule has 0 spiro atoms. The molecule has 3 unspecified atom stereocenters. The maximum atomic E-state index is 12.4. The van der Waals surface area contributed by atoms with Gasteiger partial charge in [-0.1, -0.05) is 0 Å². The average molecular weight is 360 g/mol. The summed E-state index contributed by atoms with van der Waals surface area (Å²) in [6.45, 7) is 4.18. The highest BCUT2D eigenvalue weighted by Gasteiger charge is 2.44. The number of fused-ring (bicyclic) bond motifs is 2. The summed E-state index contributed by atoms with van der Waals surface area (Å²) in [7, 11) is 0. The molecule has 4 rings (SSSR count). The summed E-state index contributed by atoms with van der Waals surface area (Å²) >= 11 is 0. The van der Waals surface area contributed by atoms with Crippen LogP contribution in [0.2, 0.25) is 0 Å². The van der Waals surface area contributed by atoms with Crippen LogP contribution < -0.4 is 5.32 Å². The smallest absolute Gasteiger partial charge is 0.228 e. The van der Waals surface area contributed by atoms with Crippen LogP contribution in [0.15, 0.2) is 6.33 Å². The van der Waals surface area contributed by atoms with Gasteiger partial charge < -0.3 is 19.9 Å². The van der Waals surface area contributed by atoms with Crippen LogP contribution in [-0.2, 0) is 20.7 Å². The molecule has 3 saturated heterocycles. The molecule has 3 atom stereocenters. The van der Waals surface area contributed by atoms with Crippen LogP contribution in [-0.4, -0.2) is 58.5 Å². The van der Waals surface area contributed by atoms with Crippen LogP contribution >= 0.6 is 0 Å². The number of H-pyrrole nitrogens is 1. The third kappa shape index (κ3) is 3.63. The molecule has 0 aliphatic carbocycles. The zero-order valence-electron chi connectivity index (χ0n) is 15.4. The fourth-order valence-corrected chi connectivity index (χ4v) is 4.50. The van der Waals surface area contributed by atoms with E-state index in [0.29, 0.717) is 25.0 Å². The number of amides is 2. The lowest BCUT2D eigenvalue weighted by Gasteiger charge is -2.32. The molecule has 3 fully saturated rings. The highest BCUT2D eigenvalue weighted by Crippen LogP contribution is 2.38. The van der Waals surface area contributed by atoms with Crippen molar-refractivity contribution in [2.75, 3.05) is 19.6 Å². The van der Waals surface area contributed by atoms with Gasteiger partial charge in [0, 0.05) is 25.3 Å². The number of ether oxygens (including phenoxy) is 1. The molecule has 7 nitrogen and oxygen atoms in total. The summed E-state index contributed by atoms with van der Waals surface area (Å²) < 4.78 is 5.78. The van der Waals surface area contributed by atoms with Crippen molar-refractivity contribution in [2.45, 2.75) is 57.7 Å². The van der Waals surface area contributed by atoms with Crippen LogP contribution in [0.1, 0.15) is 43.5 Å². The first-order valence-electron chi connectivity index (χ1n) is 9.80. The Morgan fingerprint density at radius 2 is 2.12 bits per heavy atom. The van der Waals surface area contributed by atoms with Gasteiger partial charge in [-0.3, -0.25) is 9.59 Å². The summed E-state index contributed by atoms with van der Waals surface area (Å²) in [5.74, 6) is 0.800. The molecule has 0 aromatic carbocycles. The number of likely N-dealkylation sites (tertiary alicyclic amines) is 1. The first kappa shape index (κ1) is 17.5. The number of hydrogen-bond donors (Lipinski definition) is 2. The van der Waals surface area contributed by atoms with Crippen molar-refractivity contribution >= 4 is 11.8 Å². The molecule has 3 aliphatic rings. The monoisotopic (exact) mass is 360 g/mol. The van der Waals surface area contributed by atoms with Gasteiger partial charge in [-0.05, 0) is 44.9 Å². The van der Waals surface area contributed by atoms with Crippen molar-refractivity contribution in [2.24, 2.45) is 11.8 Å². The molecule has 26 heavy (non-hydrogen) atoms. The largest absolute Gasteiger partial charge is 0.374 e. The van der Waals surface area contributed by atoms with E-state index >= 15 is 0 Å². The van der Waals surface area contributed by atoms with Gasteiger partial charge in [0.05, 0.1) is 36.6 Å². The van der Waals surface area contributed by atoms with Gasteiger partial charge in [-0.15, -0.1) is 0 Å². The molecular formula is C19H28N4O3. The lowest BCUT2D eigenvalue weighted by molar-refractivity contribution is -0.132. The normalized spacial score (nSPS) is 28.5. The summed E-state index contributed by atoms with van der Waals surface area (Å²) in [6, 6.07) is 0. The first-order valence-corrected chi connectivity index (χ1v) is 9.80. The van der Waals surface area contributed by atoms with Crippen molar-refractivity contribution in [1.82, 2.24) is 20.2 Å². The van der Waals surface area contributed by atoms with Crippen molar-refractivity contribution in [1.29, 1.82) is 0 Å². The van der Waals surface area contributed by atoms with Crippen LogP contribution in [0, 0.1) is 18.8 Å². The average Bonchev–Trinajstić information content (AvgIpc) is 3.38. The Balaban J connectivity index is 1.18. The number of aryl methyl sites for hydroxylation is 1. The quantitative estimate of drug-likeness (QED) is 0.825. The number of nitrogens with one attached hydrogen (secondary N) is 2. The van der Waals surface area contributed by atoms with E-state index in [1.165, 1.54) is 0 Å². The molecule has 7 heteroatoms. The predicted octanol–water partition coefficient (Wildman–Crippen LogP) is 1.18. The van der Waals surface area contributed by atoms with E-state index in [1.54, 1.807) is 6.33 Å². The Bertz CT molecular complexity index is 665. The topological polar surface area (TPSA) is 87.3 Å². The van der Waals surface area contributed by atoms with E-state index < -0.39 is 0 Å². The number of nitrogens with zero attached hydrogens (tertiary/aromatic N) is 2. The van der Waals surface area contributed by atoms with Crippen molar-refractivity contribution in [3.05, 3.63) is 17.7 Å². The molecule has 2 N–H and O–H groups in total. The Labute approximate surface area is 153 Å². The second kappa shape index (κ2) is 7.39.